The van der Waals surface area contributed by atoms with Crippen LogP contribution < -0.4 is 0 Å². The van der Waals surface area contributed by atoms with Gasteiger partial charge in [-0.15, -0.1) is 11.3 Å². The van der Waals surface area contributed by atoms with E-state index in [0.717, 1.165) is 12.0 Å². The molecule has 5 heteroatoms. The number of ether oxygens (including phenoxy) is 4. The first kappa shape index (κ1) is 19.6. The summed E-state index contributed by atoms with van der Waals surface area (Å²) in [6.07, 6.45) is -0.0595. The van der Waals surface area contributed by atoms with Crippen molar-refractivity contribution in [2.24, 2.45) is 0 Å². The first-order chi connectivity index (χ1) is 13.8. The molecular weight excluding hydrogens is 372 g/mol. The molecule has 3 aromatic rings. The molecule has 1 aliphatic heterocycles. The Morgan fingerprint density at radius 2 is 1.75 bits per heavy atom. The number of methoxy groups -OCH3 is 1. The van der Waals surface area contributed by atoms with E-state index in [-0.39, 0.29) is 18.3 Å². The minimum Gasteiger partial charge on any atom is -0.368 e. The van der Waals surface area contributed by atoms with E-state index in [0.29, 0.717) is 13.2 Å². The average molecular weight is 399 g/mol. The predicted octanol–water partition coefficient (Wildman–Crippen LogP) is 5.15. The lowest BCUT2D eigenvalue weighted by Crippen LogP contribution is -2.38. The highest BCUT2D eigenvalue weighted by atomic mass is 32.1. The number of rotatable bonds is 8. The lowest BCUT2D eigenvalue weighted by molar-refractivity contribution is -0.166. The SMILES string of the molecule is CC[C@H]1OC(OC)[C@H](OCc2cccc3ccsc23)[C@H]1OCc1ccccc1. The van der Waals surface area contributed by atoms with Crippen LogP contribution in [-0.2, 0) is 32.2 Å². The molecule has 0 spiro atoms. The summed E-state index contributed by atoms with van der Waals surface area (Å²) in [7, 11) is 1.66. The van der Waals surface area contributed by atoms with Crippen LogP contribution >= 0.6 is 11.3 Å². The average Bonchev–Trinajstić information content (AvgIpc) is 3.35. The summed E-state index contributed by atoms with van der Waals surface area (Å²) in [5, 5.41) is 3.37. The fourth-order valence-corrected chi connectivity index (χ4v) is 4.61. The first-order valence-corrected chi connectivity index (χ1v) is 10.6. The molecule has 0 saturated carbocycles. The summed E-state index contributed by atoms with van der Waals surface area (Å²) >= 11 is 1.74. The maximum atomic E-state index is 6.33. The van der Waals surface area contributed by atoms with Gasteiger partial charge in [-0.1, -0.05) is 55.5 Å². The number of benzene rings is 2. The molecule has 2 heterocycles. The van der Waals surface area contributed by atoms with Gasteiger partial charge in [0.1, 0.15) is 12.2 Å². The Labute approximate surface area is 170 Å². The second-order valence-electron chi connectivity index (χ2n) is 6.98. The minimum absolute atomic E-state index is 0.0452. The summed E-state index contributed by atoms with van der Waals surface area (Å²) in [6.45, 7) is 3.14. The van der Waals surface area contributed by atoms with Crippen molar-refractivity contribution in [2.45, 2.75) is 51.2 Å². The lowest BCUT2D eigenvalue weighted by atomic mass is 10.1. The molecule has 148 valence electrons. The minimum atomic E-state index is -0.423. The molecule has 1 unspecified atom stereocenters. The summed E-state index contributed by atoms with van der Waals surface area (Å²) < 4.78 is 25.5. The van der Waals surface area contributed by atoms with Crippen molar-refractivity contribution in [2.75, 3.05) is 7.11 Å². The van der Waals surface area contributed by atoms with Gasteiger partial charge in [0.2, 0.25) is 0 Å². The van der Waals surface area contributed by atoms with Crippen LogP contribution in [0.5, 0.6) is 0 Å². The van der Waals surface area contributed by atoms with E-state index in [1.165, 1.54) is 15.6 Å². The van der Waals surface area contributed by atoms with E-state index in [2.05, 4.69) is 48.7 Å². The van der Waals surface area contributed by atoms with Crippen LogP contribution in [0.2, 0.25) is 0 Å². The Morgan fingerprint density at radius 3 is 2.54 bits per heavy atom. The Morgan fingerprint density at radius 1 is 0.929 bits per heavy atom. The molecule has 0 aliphatic carbocycles. The molecule has 28 heavy (non-hydrogen) atoms. The van der Waals surface area contributed by atoms with Crippen molar-refractivity contribution in [3.63, 3.8) is 0 Å². The van der Waals surface area contributed by atoms with E-state index < -0.39 is 6.29 Å². The maximum absolute atomic E-state index is 6.33. The van der Waals surface area contributed by atoms with Gasteiger partial charge in [-0.2, -0.15) is 0 Å². The topological polar surface area (TPSA) is 36.9 Å². The van der Waals surface area contributed by atoms with Crippen LogP contribution in [-0.4, -0.2) is 31.7 Å². The molecule has 4 nitrogen and oxygen atoms in total. The number of hydrogen-bond acceptors (Lipinski definition) is 5. The zero-order chi connectivity index (χ0) is 19.3. The molecule has 0 N–H and O–H groups in total. The van der Waals surface area contributed by atoms with Gasteiger partial charge in [-0.3, -0.25) is 0 Å². The van der Waals surface area contributed by atoms with Gasteiger partial charge in [0.05, 0.1) is 19.3 Å². The van der Waals surface area contributed by atoms with Crippen LogP contribution in [0.3, 0.4) is 0 Å². The Kier molecular flexibility index (Phi) is 6.40. The van der Waals surface area contributed by atoms with Crippen molar-refractivity contribution in [3.8, 4) is 0 Å². The zero-order valence-electron chi connectivity index (χ0n) is 16.2. The Hall–Kier alpha value is -1.76. The standard InChI is InChI=1S/C23H26O4S/c1-3-19-20(25-14-16-8-5-4-6-9-16)21(23(24-2)27-19)26-15-18-11-7-10-17-12-13-28-22(17)18/h4-13,19-21,23H,3,14-15H2,1-2H3/t19-,20+,21-,23?/m1/s1. The van der Waals surface area contributed by atoms with Gasteiger partial charge >= 0.3 is 0 Å². The highest BCUT2D eigenvalue weighted by Gasteiger charge is 2.45. The zero-order valence-corrected chi connectivity index (χ0v) is 17.1. The van der Waals surface area contributed by atoms with Gasteiger partial charge in [-0.25, -0.2) is 0 Å². The second-order valence-corrected chi connectivity index (χ2v) is 7.90. The highest BCUT2D eigenvalue weighted by molar-refractivity contribution is 7.17. The molecule has 4 atom stereocenters. The lowest BCUT2D eigenvalue weighted by Gasteiger charge is -2.24. The third-order valence-corrected chi connectivity index (χ3v) is 6.18. The highest BCUT2D eigenvalue weighted by Crippen LogP contribution is 2.32. The summed E-state index contributed by atoms with van der Waals surface area (Å²) in [5.41, 5.74) is 2.32. The van der Waals surface area contributed by atoms with E-state index >= 15 is 0 Å². The molecule has 1 aliphatic rings. The second kappa shape index (κ2) is 9.16. The molecular formula is C23H26O4S. The third kappa shape index (κ3) is 4.14. The number of fused-ring (bicyclic) bond motifs is 1. The molecule has 4 rings (SSSR count). The molecule has 1 aromatic heterocycles. The van der Waals surface area contributed by atoms with Crippen molar-refractivity contribution >= 4 is 21.4 Å². The predicted molar refractivity (Wildman–Crippen MR) is 111 cm³/mol. The van der Waals surface area contributed by atoms with Crippen LogP contribution in [0.25, 0.3) is 10.1 Å². The number of thiophene rings is 1. The van der Waals surface area contributed by atoms with E-state index in [9.17, 15) is 0 Å². The van der Waals surface area contributed by atoms with E-state index in [1.54, 1.807) is 18.4 Å². The number of hydrogen-bond donors (Lipinski definition) is 0. The summed E-state index contributed by atoms with van der Waals surface area (Å²) in [6, 6.07) is 18.6. The van der Waals surface area contributed by atoms with Gasteiger partial charge in [0, 0.05) is 11.8 Å². The largest absolute Gasteiger partial charge is 0.368 e. The van der Waals surface area contributed by atoms with Gasteiger partial charge in [0.15, 0.2) is 6.29 Å². The smallest absolute Gasteiger partial charge is 0.186 e. The van der Waals surface area contributed by atoms with Crippen LogP contribution in [0.1, 0.15) is 24.5 Å². The summed E-state index contributed by atoms with van der Waals surface area (Å²) in [4.78, 5) is 0. The van der Waals surface area contributed by atoms with Gasteiger partial charge < -0.3 is 18.9 Å². The fourth-order valence-electron chi connectivity index (χ4n) is 3.71. The van der Waals surface area contributed by atoms with Crippen LogP contribution in [0.15, 0.2) is 60.0 Å². The normalized spacial score (nSPS) is 24.8. The molecule has 0 bridgehead atoms. The Balaban J connectivity index is 1.48. The molecule has 0 radical (unpaired) electrons. The third-order valence-electron chi connectivity index (χ3n) is 5.18. The van der Waals surface area contributed by atoms with Gasteiger partial charge in [-0.05, 0) is 34.4 Å². The van der Waals surface area contributed by atoms with Crippen molar-refractivity contribution < 1.29 is 18.9 Å². The molecule has 1 fully saturated rings. The van der Waals surface area contributed by atoms with Crippen molar-refractivity contribution in [1.29, 1.82) is 0 Å². The van der Waals surface area contributed by atoms with Crippen molar-refractivity contribution in [3.05, 3.63) is 71.1 Å². The van der Waals surface area contributed by atoms with E-state index in [4.69, 9.17) is 18.9 Å². The summed E-state index contributed by atoms with van der Waals surface area (Å²) in [5.74, 6) is 0. The fraction of sp³-hybridized carbons (Fsp3) is 0.391. The molecule has 1 saturated heterocycles. The molecule has 0 amide bonds. The monoisotopic (exact) mass is 398 g/mol. The first-order valence-electron chi connectivity index (χ1n) is 9.70. The Bertz CT molecular complexity index is 878. The van der Waals surface area contributed by atoms with Crippen molar-refractivity contribution in [1.82, 2.24) is 0 Å². The van der Waals surface area contributed by atoms with Crippen LogP contribution in [0.4, 0.5) is 0 Å². The van der Waals surface area contributed by atoms with Gasteiger partial charge in [0.25, 0.3) is 0 Å². The van der Waals surface area contributed by atoms with Crippen LogP contribution in [0, 0.1) is 0 Å². The van der Waals surface area contributed by atoms with E-state index in [1.807, 2.05) is 18.2 Å². The quantitative estimate of drug-likeness (QED) is 0.526. The maximum Gasteiger partial charge on any atom is 0.186 e. The molecule has 2 aromatic carbocycles.